The monoisotopic (exact) mass is 474 g/mol. The molecule has 0 radical (unpaired) electrons. The van der Waals surface area contributed by atoms with E-state index in [0.29, 0.717) is 23.3 Å². The van der Waals surface area contributed by atoms with Crippen LogP contribution in [0.4, 0.5) is 4.79 Å². The van der Waals surface area contributed by atoms with E-state index < -0.39 is 28.2 Å². The zero-order valence-corrected chi connectivity index (χ0v) is 18.3. The summed E-state index contributed by atoms with van der Waals surface area (Å²) >= 11 is 0. The normalized spacial score (nSPS) is 20.6. The van der Waals surface area contributed by atoms with Crippen LogP contribution in [-0.2, 0) is 26.0 Å². The Labute approximate surface area is 190 Å². The molecule has 2 saturated heterocycles. The van der Waals surface area contributed by atoms with Crippen molar-refractivity contribution in [3.63, 3.8) is 0 Å². The number of ketones is 1. The molecule has 1 aromatic heterocycles. The third-order valence-electron chi connectivity index (χ3n) is 5.82. The fourth-order valence-electron chi connectivity index (χ4n) is 4.33. The Hall–Kier alpha value is -3.51. The molecular formula is C21H22N4O7S. The van der Waals surface area contributed by atoms with Gasteiger partial charge >= 0.3 is 6.09 Å². The van der Waals surface area contributed by atoms with Gasteiger partial charge in [-0.05, 0) is 36.6 Å². The number of rotatable bonds is 6. The molecule has 2 atom stereocenters. The summed E-state index contributed by atoms with van der Waals surface area (Å²) < 4.78 is 32.3. The van der Waals surface area contributed by atoms with Crippen molar-refractivity contribution in [1.29, 1.82) is 0 Å². The molecule has 2 aliphatic heterocycles. The molecule has 1 aromatic carbocycles. The first-order chi connectivity index (χ1) is 15.7. The first-order valence-corrected chi connectivity index (χ1v) is 11.7. The van der Waals surface area contributed by atoms with Gasteiger partial charge in [-0.2, -0.15) is 9.04 Å². The maximum absolute atomic E-state index is 13.0. The molecular weight excluding hydrogens is 452 g/mol. The molecule has 174 valence electrons. The third kappa shape index (κ3) is 4.52. The number of likely N-dealkylation sites (tertiary alicyclic amines) is 1. The van der Waals surface area contributed by atoms with Crippen LogP contribution in [0.15, 0.2) is 53.7 Å². The summed E-state index contributed by atoms with van der Waals surface area (Å²) in [6, 6.07) is 7.68. The lowest BCUT2D eigenvalue weighted by Gasteiger charge is -2.24. The van der Waals surface area contributed by atoms with Gasteiger partial charge < -0.3 is 20.6 Å². The Morgan fingerprint density at radius 3 is 2.61 bits per heavy atom. The number of primary amides is 1. The molecule has 2 aliphatic rings. The maximum Gasteiger partial charge on any atom is 0.409 e. The third-order valence-corrected chi connectivity index (χ3v) is 7.68. The highest BCUT2D eigenvalue weighted by molar-refractivity contribution is 7.89. The first-order valence-electron chi connectivity index (χ1n) is 10.3. The minimum atomic E-state index is -4.06. The Morgan fingerprint density at radius 2 is 1.94 bits per heavy atom. The van der Waals surface area contributed by atoms with E-state index in [1.807, 2.05) is 0 Å². The molecule has 2 N–H and O–H groups in total. The molecule has 2 unspecified atom stereocenters. The second-order valence-corrected chi connectivity index (χ2v) is 9.76. The van der Waals surface area contributed by atoms with E-state index in [1.165, 1.54) is 23.2 Å². The van der Waals surface area contributed by atoms with Crippen molar-refractivity contribution < 1.29 is 32.3 Å². The molecule has 33 heavy (non-hydrogen) atoms. The lowest BCUT2D eigenvalue weighted by molar-refractivity contribution is -0.607. The largest absolute Gasteiger partial charge is 0.619 e. The molecule has 11 nitrogen and oxygen atoms in total. The molecule has 3 heterocycles. The summed E-state index contributed by atoms with van der Waals surface area (Å²) in [7, 11) is -4.06. The Morgan fingerprint density at radius 1 is 1.21 bits per heavy atom. The van der Waals surface area contributed by atoms with Crippen molar-refractivity contribution >= 4 is 27.8 Å². The van der Waals surface area contributed by atoms with Crippen LogP contribution in [-0.4, -0.2) is 60.6 Å². The van der Waals surface area contributed by atoms with Gasteiger partial charge in [-0.1, -0.05) is 12.1 Å². The van der Waals surface area contributed by atoms with Crippen LogP contribution in [0, 0.1) is 5.21 Å². The van der Waals surface area contributed by atoms with E-state index in [1.54, 1.807) is 24.3 Å². The minimum absolute atomic E-state index is 0.133. The fraction of sp³-hybridized carbons (Fsp3) is 0.333. The molecule has 0 aliphatic carbocycles. The van der Waals surface area contributed by atoms with E-state index in [-0.39, 0.29) is 36.1 Å². The van der Waals surface area contributed by atoms with Crippen molar-refractivity contribution in [1.82, 2.24) is 9.21 Å². The number of benzene rings is 1. The predicted molar refractivity (Wildman–Crippen MR) is 113 cm³/mol. The van der Waals surface area contributed by atoms with Gasteiger partial charge in [0.1, 0.15) is 16.7 Å². The van der Waals surface area contributed by atoms with Gasteiger partial charge in [-0.25, -0.2) is 13.2 Å². The van der Waals surface area contributed by atoms with Gasteiger partial charge in [0.15, 0.2) is 18.2 Å². The number of pyridine rings is 1. The highest BCUT2D eigenvalue weighted by Gasteiger charge is 2.53. The maximum atomic E-state index is 13.0. The summed E-state index contributed by atoms with van der Waals surface area (Å²) in [4.78, 5) is 37.6. The standard InChI is InChI=1S/C21H22N4O7S/c22-21(28)32-15-6-3-14(4-7-15)5-8-19(27)24-11-9-17-20(24)18(26)13-25(17)33(30,31)16-2-1-10-23(29)12-16/h1-4,6-7,10,12,17,20H,5,8-9,11,13H2,(H2,22,28). The number of hydrogen-bond acceptors (Lipinski definition) is 7. The summed E-state index contributed by atoms with van der Waals surface area (Å²) in [5.41, 5.74) is 5.79. The van der Waals surface area contributed by atoms with Crippen LogP contribution < -0.4 is 15.2 Å². The second kappa shape index (κ2) is 8.79. The zero-order chi connectivity index (χ0) is 23.8. The zero-order valence-electron chi connectivity index (χ0n) is 17.5. The SMILES string of the molecule is NC(=O)Oc1ccc(CCC(=O)N2CCC3C2C(=O)CN3S(=O)(=O)c2ccc[n+]([O-])c2)cc1. The smallest absolute Gasteiger partial charge is 0.409 e. The van der Waals surface area contributed by atoms with E-state index in [2.05, 4.69) is 0 Å². The number of aromatic nitrogens is 1. The number of carbonyl (C=O) groups is 3. The Kier molecular flexibility index (Phi) is 6.04. The number of hydrogen-bond donors (Lipinski definition) is 1. The van der Waals surface area contributed by atoms with Gasteiger partial charge in [0.25, 0.3) is 0 Å². The van der Waals surface area contributed by atoms with Crippen LogP contribution in [0.25, 0.3) is 0 Å². The van der Waals surface area contributed by atoms with Gasteiger partial charge in [0.05, 0.1) is 12.6 Å². The van der Waals surface area contributed by atoms with Crippen LogP contribution in [0.2, 0.25) is 0 Å². The molecule has 2 amide bonds. The average molecular weight is 474 g/mol. The molecule has 0 bridgehead atoms. The van der Waals surface area contributed by atoms with E-state index >= 15 is 0 Å². The number of ether oxygens (including phenoxy) is 1. The van der Waals surface area contributed by atoms with Crippen LogP contribution in [0.3, 0.4) is 0 Å². The van der Waals surface area contributed by atoms with Crippen LogP contribution in [0.5, 0.6) is 5.75 Å². The lowest BCUT2D eigenvalue weighted by Crippen LogP contribution is -2.43. The molecule has 0 saturated carbocycles. The van der Waals surface area contributed by atoms with Crippen molar-refractivity contribution in [3.8, 4) is 5.75 Å². The summed E-state index contributed by atoms with van der Waals surface area (Å²) in [6.07, 6.45) is 2.07. The highest BCUT2D eigenvalue weighted by atomic mass is 32.2. The van der Waals surface area contributed by atoms with Crippen molar-refractivity contribution in [2.45, 2.75) is 36.2 Å². The number of aryl methyl sites for hydroxylation is 1. The number of amides is 2. The topological polar surface area (TPSA) is 154 Å². The van der Waals surface area contributed by atoms with E-state index in [9.17, 15) is 28.0 Å². The van der Waals surface area contributed by atoms with E-state index in [4.69, 9.17) is 10.5 Å². The van der Waals surface area contributed by atoms with Gasteiger partial charge in [0.2, 0.25) is 15.9 Å². The Bertz CT molecular complexity index is 1200. The molecule has 0 spiro atoms. The number of nitrogens with zero attached hydrogens (tertiary/aromatic N) is 3. The quantitative estimate of drug-likeness (QED) is 0.455. The number of sulfonamides is 1. The second-order valence-electron chi connectivity index (χ2n) is 7.87. The number of carbonyl (C=O) groups excluding carboxylic acids is 3. The van der Waals surface area contributed by atoms with Gasteiger partial charge in [-0.15, -0.1) is 0 Å². The molecule has 4 rings (SSSR count). The average Bonchev–Trinajstić information content (AvgIpc) is 3.34. The van der Waals surface area contributed by atoms with Crippen molar-refractivity contribution in [2.75, 3.05) is 13.1 Å². The van der Waals surface area contributed by atoms with Gasteiger partial charge in [0, 0.05) is 19.0 Å². The van der Waals surface area contributed by atoms with Crippen LogP contribution >= 0.6 is 0 Å². The van der Waals surface area contributed by atoms with Crippen LogP contribution in [0.1, 0.15) is 18.4 Å². The number of nitrogens with two attached hydrogens (primary N) is 1. The van der Waals surface area contributed by atoms with Gasteiger partial charge in [-0.3, -0.25) is 9.59 Å². The molecule has 2 aromatic rings. The molecule has 2 fully saturated rings. The number of Topliss-reactive ketones (excluding diaryl/α,β-unsaturated/α-hetero) is 1. The van der Waals surface area contributed by atoms with Crippen molar-refractivity contribution in [3.05, 3.63) is 59.6 Å². The minimum Gasteiger partial charge on any atom is -0.619 e. The Balaban J connectivity index is 1.43. The molecule has 12 heteroatoms. The first kappa shape index (κ1) is 22.7. The summed E-state index contributed by atoms with van der Waals surface area (Å²) in [6.45, 7) is -0.0653. The summed E-state index contributed by atoms with van der Waals surface area (Å²) in [5, 5.41) is 11.5. The lowest BCUT2D eigenvalue weighted by atomic mass is 10.1. The fourth-order valence-corrected chi connectivity index (χ4v) is 5.96. The van der Waals surface area contributed by atoms with E-state index in [0.717, 1.165) is 16.1 Å². The summed E-state index contributed by atoms with van der Waals surface area (Å²) in [5.74, 6) is -0.295. The number of fused-ring (bicyclic) bond motifs is 1. The highest BCUT2D eigenvalue weighted by Crippen LogP contribution is 2.34. The van der Waals surface area contributed by atoms with Crippen molar-refractivity contribution in [2.24, 2.45) is 5.73 Å². The predicted octanol–water partition coefficient (Wildman–Crippen LogP) is -0.0468.